The molecule has 9 heteroatoms. The summed E-state index contributed by atoms with van der Waals surface area (Å²) in [5.74, 6) is -3.46. The highest BCUT2D eigenvalue weighted by Gasteiger charge is 2.39. The number of hydrogen-bond donors (Lipinski definition) is 1. The molecule has 0 atom stereocenters. The van der Waals surface area contributed by atoms with Gasteiger partial charge in [-0.3, -0.25) is 9.59 Å². The van der Waals surface area contributed by atoms with E-state index in [2.05, 4.69) is 0 Å². The molecule has 0 bridgehead atoms. The number of thiophene rings is 1. The topological polar surface area (TPSA) is 55.4 Å². The van der Waals surface area contributed by atoms with E-state index >= 15 is 0 Å². The van der Waals surface area contributed by atoms with Crippen molar-refractivity contribution in [1.29, 1.82) is 0 Å². The summed E-state index contributed by atoms with van der Waals surface area (Å²) < 4.78 is 56.3. The molecule has 0 fully saturated rings. The van der Waals surface area contributed by atoms with Gasteiger partial charge in [0, 0.05) is 22.1 Å². The fraction of sp³-hybridized carbons (Fsp3) is 0.250. The van der Waals surface area contributed by atoms with Crippen LogP contribution in [0.2, 0.25) is 0 Å². The Morgan fingerprint density at radius 3 is 2.48 bits per heavy atom. The molecule has 1 aromatic carbocycles. The minimum absolute atomic E-state index is 0.0751. The zero-order valence-corrected chi connectivity index (χ0v) is 13.8. The number of benzene rings is 1. The Morgan fingerprint density at radius 2 is 1.88 bits per heavy atom. The van der Waals surface area contributed by atoms with Gasteiger partial charge in [-0.2, -0.15) is 13.2 Å². The minimum atomic E-state index is -5.08. The molecule has 25 heavy (non-hydrogen) atoms. The van der Waals surface area contributed by atoms with Crippen molar-refractivity contribution >= 4 is 28.2 Å². The lowest BCUT2D eigenvalue weighted by Gasteiger charge is -2.11. The highest BCUT2D eigenvalue weighted by molar-refractivity contribution is 7.15. The Balaban J connectivity index is 2.45. The van der Waals surface area contributed by atoms with Gasteiger partial charge in [-0.15, -0.1) is 11.3 Å². The number of halogens is 4. The maximum Gasteiger partial charge on any atom is 0.471 e. The number of hydrogen-bond acceptors (Lipinski definition) is 4. The Bertz CT molecular complexity index is 786. The van der Waals surface area contributed by atoms with Crippen LogP contribution >= 0.6 is 11.3 Å². The number of nitrogens with one attached hydrogen (secondary N) is 1. The molecule has 0 aliphatic carbocycles. The summed E-state index contributed by atoms with van der Waals surface area (Å²) in [6.45, 7) is 1.66. The highest BCUT2D eigenvalue weighted by Crippen LogP contribution is 2.38. The molecule has 0 saturated heterocycles. The van der Waals surface area contributed by atoms with E-state index in [1.807, 2.05) is 0 Å². The summed E-state index contributed by atoms with van der Waals surface area (Å²) in [6, 6.07) is 5.64. The monoisotopic (exact) mass is 375 g/mol. The van der Waals surface area contributed by atoms with Crippen LogP contribution in [0.3, 0.4) is 0 Å². The number of anilines is 1. The minimum Gasteiger partial charge on any atom is -0.466 e. The maximum atomic E-state index is 14.0. The van der Waals surface area contributed by atoms with Crippen LogP contribution in [-0.4, -0.2) is 24.7 Å². The van der Waals surface area contributed by atoms with Gasteiger partial charge in [0.1, 0.15) is 5.82 Å². The van der Waals surface area contributed by atoms with Crippen molar-refractivity contribution < 1.29 is 31.9 Å². The Hall–Kier alpha value is -2.42. The van der Waals surface area contributed by atoms with Crippen LogP contribution in [0.5, 0.6) is 0 Å². The predicted octanol–water partition coefficient (Wildman–Crippen LogP) is 4.16. The summed E-state index contributed by atoms with van der Waals surface area (Å²) >= 11 is 0.778. The number of ether oxygens (including phenoxy) is 1. The summed E-state index contributed by atoms with van der Waals surface area (Å²) in [6.07, 6.45) is -5.47. The number of esters is 1. The summed E-state index contributed by atoms with van der Waals surface area (Å²) in [4.78, 5) is 23.0. The lowest BCUT2D eigenvalue weighted by Crippen LogP contribution is -2.30. The van der Waals surface area contributed by atoms with Crippen molar-refractivity contribution in [3.05, 3.63) is 41.0 Å². The van der Waals surface area contributed by atoms with E-state index in [0.29, 0.717) is 0 Å². The van der Waals surface area contributed by atoms with Gasteiger partial charge in [0.25, 0.3) is 0 Å². The molecule has 2 aromatic rings. The van der Waals surface area contributed by atoms with Crippen LogP contribution in [-0.2, 0) is 20.7 Å². The first-order valence-corrected chi connectivity index (χ1v) is 8.01. The third-order valence-electron chi connectivity index (χ3n) is 3.17. The Labute approximate surface area is 144 Å². The first-order chi connectivity index (χ1) is 11.7. The zero-order chi connectivity index (χ0) is 18.6. The van der Waals surface area contributed by atoms with Crippen LogP contribution in [0.4, 0.5) is 22.6 Å². The molecule has 134 valence electrons. The zero-order valence-electron chi connectivity index (χ0n) is 12.9. The van der Waals surface area contributed by atoms with Crippen LogP contribution in [0.15, 0.2) is 29.6 Å². The van der Waals surface area contributed by atoms with E-state index in [1.165, 1.54) is 23.6 Å². The largest absolute Gasteiger partial charge is 0.471 e. The quantitative estimate of drug-likeness (QED) is 0.631. The molecule has 1 amide bonds. The lowest BCUT2D eigenvalue weighted by molar-refractivity contribution is -0.167. The second-order valence-electron chi connectivity index (χ2n) is 4.87. The van der Waals surface area contributed by atoms with Crippen molar-refractivity contribution in [3.63, 3.8) is 0 Å². The first-order valence-electron chi connectivity index (χ1n) is 7.13. The standard InChI is InChI=1S/C16H13F4NO3S/c1-2-24-13(22)7-10-11(9-5-3-4-6-12(9)17)8-25-14(10)21-15(23)16(18,19)20/h3-6,8H,2,7H2,1H3,(H,21,23). The van der Waals surface area contributed by atoms with E-state index in [9.17, 15) is 27.2 Å². The maximum absolute atomic E-state index is 14.0. The van der Waals surface area contributed by atoms with Gasteiger partial charge in [-0.1, -0.05) is 18.2 Å². The second-order valence-corrected chi connectivity index (χ2v) is 5.75. The van der Waals surface area contributed by atoms with Gasteiger partial charge in [0.15, 0.2) is 0 Å². The van der Waals surface area contributed by atoms with E-state index < -0.39 is 30.3 Å². The van der Waals surface area contributed by atoms with Crippen LogP contribution in [0.1, 0.15) is 12.5 Å². The third-order valence-corrected chi connectivity index (χ3v) is 4.11. The molecule has 1 aromatic heterocycles. The van der Waals surface area contributed by atoms with Crippen molar-refractivity contribution in [3.8, 4) is 11.1 Å². The summed E-state index contributed by atoms with van der Waals surface area (Å²) in [5.41, 5.74) is 0.422. The third kappa shape index (κ3) is 4.56. The fourth-order valence-corrected chi connectivity index (χ4v) is 3.08. The van der Waals surface area contributed by atoms with E-state index in [1.54, 1.807) is 18.3 Å². The Kier molecular flexibility index (Phi) is 5.78. The molecule has 0 aliphatic heterocycles. The van der Waals surface area contributed by atoms with E-state index in [4.69, 9.17) is 4.74 Å². The number of carbonyl (C=O) groups excluding carboxylic acids is 2. The second kappa shape index (κ2) is 7.64. The molecule has 1 heterocycles. The molecular formula is C16H13F4NO3S. The van der Waals surface area contributed by atoms with Gasteiger partial charge in [0.2, 0.25) is 0 Å². The highest BCUT2D eigenvalue weighted by atomic mass is 32.1. The molecule has 4 nitrogen and oxygen atoms in total. The smallest absolute Gasteiger partial charge is 0.466 e. The van der Waals surface area contributed by atoms with Crippen LogP contribution in [0.25, 0.3) is 11.1 Å². The molecule has 0 saturated carbocycles. The number of amides is 1. The SMILES string of the molecule is CCOC(=O)Cc1c(-c2ccccc2F)csc1NC(=O)C(F)(F)F. The first kappa shape index (κ1) is 18.9. The van der Waals surface area contributed by atoms with Crippen molar-refractivity contribution in [2.45, 2.75) is 19.5 Å². The van der Waals surface area contributed by atoms with Crippen LogP contribution < -0.4 is 5.32 Å². The molecular weight excluding hydrogens is 362 g/mol. The molecule has 0 aliphatic rings. The van der Waals surface area contributed by atoms with Crippen molar-refractivity contribution in [2.24, 2.45) is 0 Å². The number of alkyl halides is 3. The van der Waals surface area contributed by atoms with Gasteiger partial charge in [-0.05, 0) is 13.0 Å². The summed E-state index contributed by atoms with van der Waals surface area (Å²) in [7, 11) is 0. The number of carbonyl (C=O) groups is 2. The van der Waals surface area contributed by atoms with Crippen molar-refractivity contribution in [1.82, 2.24) is 0 Å². The van der Waals surface area contributed by atoms with Crippen molar-refractivity contribution in [2.75, 3.05) is 11.9 Å². The Morgan fingerprint density at radius 1 is 1.20 bits per heavy atom. The molecule has 0 spiro atoms. The van der Waals surface area contributed by atoms with Gasteiger partial charge in [-0.25, -0.2) is 4.39 Å². The fourth-order valence-electron chi connectivity index (χ4n) is 2.10. The molecule has 2 rings (SSSR count). The normalized spacial score (nSPS) is 11.2. The molecule has 1 N–H and O–H groups in total. The van der Waals surface area contributed by atoms with E-state index in [-0.39, 0.29) is 28.3 Å². The number of rotatable bonds is 5. The molecule has 0 radical (unpaired) electrons. The van der Waals surface area contributed by atoms with E-state index in [0.717, 1.165) is 11.3 Å². The van der Waals surface area contributed by atoms with Gasteiger partial charge < -0.3 is 10.1 Å². The predicted molar refractivity (Wildman–Crippen MR) is 84.7 cm³/mol. The van der Waals surface area contributed by atoms with Gasteiger partial charge >= 0.3 is 18.1 Å². The lowest BCUT2D eigenvalue weighted by atomic mass is 10.0. The van der Waals surface area contributed by atoms with Crippen LogP contribution in [0, 0.1) is 5.82 Å². The average molecular weight is 375 g/mol. The molecule has 0 unspecified atom stereocenters. The average Bonchev–Trinajstić information content (AvgIpc) is 2.89. The van der Waals surface area contributed by atoms with Gasteiger partial charge in [0.05, 0.1) is 18.0 Å². The summed E-state index contributed by atoms with van der Waals surface area (Å²) in [5, 5.41) is 2.95.